The fourth-order valence-electron chi connectivity index (χ4n) is 3.79. The number of sulfonamides is 1. The van der Waals surface area contributed by atoms with Crippen molar-refractivity contribution in [3.05, 3.63) is 96.3 Å². The van der Waals surface area contributed by atoms with E-state index in [0.717, 1.165) is 28.8 Å². The fraction of sp³-hybridized carbons (Fsp3) is 0.286. The van der Waals surface area contributed by atoms with Crippen molar-refractivity contribution in [3.63, 3.8) is 0 Å². The number of para-hydroxylation sites is 1. The van der Waals surface area contributed by atoms with Gasteiger partial charge in [-0.3, -0.25) is 13.9 Å². The second-order valence-electron chi connectivity index (χ2n) is 8.60. The Morgan fingerprint density at radius 2 is 1.51 bits per heavy atom. The van der Waals surface area contributed by atoms with E-state index in [1.54, 1.807) is 25.1 Å². The molecule has 37 heavy (non-hydrogen) atoms. The average molecular weight is 526 g/mol. The normalized spacial score (nSPS) is 12.0. The van der Waals surface area contributed by atoms with Crippen molar-refractivity contribution in [2.24, 2.45) is 0 Å². The predicted octanol–water partition coefficient (Wildman–Crippen LogP) is 4.35. The van der Waals surface area contributed by atoms with Gasteiger partial charge in [0.15, 0.2) is 0 Å². The number of hydrogen-bond donors (Lipinski definition) is 1. The van der Waals surface area contributed by atoms with Crippen molar-refractivity contribution in [1.82, 2.24) is 10.2 Å². The molecule has 1 atom stereocenters. The predicted molar refractivity (Wildman–Crippen MR) is 142 cm³/mol. The Morgan fingerprint density at radius 1 is 0.919 bits per heavy atom. The molecule has 3 rings (SSSR count). The van der Waals surface area contributed by atoms with Crippen LogP contribution < -0.4 is 9.62 Å². The molecule has 0 saturated heterocycles. The van der Waals surface area contributed by atoms with E-state index in [4.69, 9.17) is 0 Å². The lowest BCUT2D eigenvalue weighted by atomic mass is 10.1. The largest absolute Gasteiger partial charge is 0.354 e. The summed E-state index contributed by atoms with van der Waals surface area (Å²) in [6.45, 7) is 3.47. The first-order chi connectivity index (χ1) is 17.8. The third-order valence-electron chi connectivity index (χ3n) is 5.92. The number of carbonyl (C=O) groups excluding carboxylic acids is 2. The van der Waals surface area contributed by atoms with Gasteiger partial charge < -0.3 is 10.2 Å². The van der Waals surface area contributed by atoms with Crippen LogP contribution in [0.2, 0.25) is 0 Å². The highest BCUT2D eigenvalue weighted by Gasteiger charge is 2.33. The Kier molecular flexibility index (Phi) is 9.79. The molecule has 1 N–H and O–H groups in total. The molecule has 0 spiro atoms. The number of anilines is 1. The number of benzene rings is 3. The molecule has 0 aromatic heterocycles. The summed E-state index contributed by atoms with van der Waals surface area (Å²) in [4.78, 5) is 27.8. The van der Waals surface area contributed by atoms with Crippen LogP contribution in [-0.2, 0) is 26.2 Å². The molecule has 0 unspecified atom stereocenters. The highest BCUT2D eigenvalue weighted by Crippen LogP contribution is 2.26. The first kappa shape index (κ1) is 27.9. The number of unbranched alkanes of at least 4 members (excludes halogenated alkanes) is 1. The number of carbonyl (C=O) groups is 2. The lowest BCUT2D eigenvalue weighted by molar-refractivity contribution is -0.139. The Morgan fingerprint density at radius 3 is 2.14 bits per heavy atom. The van der Waals surface area contributed by atoms with Crippen LogP contribution in [0.3, 0.4) is 0 Å². The van der Waals surface area contributed by atoms with Gasteiger partial charge in [0.2, 0.25) is 11.8 Å². The minimum absolute atomic E-state index is 0.0778. The van der Waals surface area contributed by atoms with Crippen molar-refractivity contribution in [2.75, 3.05) is 17.4 Å². The van der Waals surface area contributed by atoms with E-state index in [1.807, 2.05) is 37.3 Å². The highest BCUT2D eigenvalue weighted by molar-refractivity contribution is 7.92. The van der Waals surface area contributed by atoms with Gasteiger partial charge in [0.05, 0.1) is 10.6 Å². The molecule has 9 heteroatoms. The summed E-state index contributed by atoms with van der Waals surface area (Å²) in [7, 11) is -4.30. The van der Waals surface area contributed by atoms with Crippen molar-refractivity contribution < 1.29 is 22.4 Å². The van der Waals surface area contributed by atoms with Gasteiger partial charge in [0, 0.05) is 13.1 Å². The monoisotopic (exact) mass is 525 g/mol. The molecule has 7 nitrogen and oxygen atoms in total. The SMILES string of the molecule is CCCCNC(=O)[C@H](C)N(Cc1ccccc1)C(=O)CN(c1ccccc1F)S(=O)(=O)c1ccccc1. The molecule has 3 aromatic rings. The van der Waals surface area contributed by atoms with Gasteiger partial charge in [-0.05, 0) is 43.2 Å². The lowest BCUT2D eigenvalue weighted by Crippen LogP contribution is -2.51. The summed E-state index contributed by atoms with van der Waals surface area (Å²) in [5.74, 6) is -1.76. The van der Waals surface area contributed by atoms with Crippen LogP contribution in [0.5, 0.6) is 0 Å². The first-order valence-electron chi connectivity index (χ1n) is 12.2. The summed E-state index contributed by atoms with van der Waals surface area (Å²) >= 11 is 0. The van der Waals surface area contributed by atoms with E-state index in [2.05, 4.69) is 5.32 Å². The zero-order chi connectivity index (χ0) is 26.8. The van der Waals surface area contributed by atoms with E-state index >= 15 is 0 Å². The van der Waals surface area contributed by atoms with Crippen molar-refractivity contribution in [2.45, 2.75) is 44.2 Å². The van der Waals surface area contributed by atoms with Crippen molar-refractivity contribution in [3.8, 4) is 0 Å². The summed E-state index contributed by atoms with van der Waals surface area (Å²) in [5.41, 5.74) is 0.520. The zero-order valence-corrected chi connectivity index (χ0v) is 21.8. The molecular weight excluding hydrogens is 493 g/mol. The number of nitrogens with one attached hydrogen (secondary N) is 1. The van der Waals surface area contributed by atoms with Crippen LogP contribution in [0, 0.1) is 5.82 Å². The fourth-order valence-corrected chi connectivity index (χ4v) is 5.23. The maximum Gasteiger partial charge on any atom is 0.264 e. The number of hydrogen-bond acceptors (Lipinski definition) is 4. The number of nitrogens with zero attached hydrogens (tertiary/aromatic N) is 2. The minimum atomic E-state index is -4.30. The maximum absolute atomic E-state index is 14.8. The molecule has 0 aliphatic heterocycles. The molecule has 0 bridgehead atoms. The first-order valence-corrected chi connectivity index (χ1v) is 13.6. The average Bonchev–Trinajstić information content (AvgIpc) is 2.91. The van der Waals surface area contributed by atoms with E-state index in [-0.39, 0.29) is 23.0 Å². The van der Waals surface area contributed by atoms with Crippen LogP contribution in [0.15, 0.2) is 89.8 Å². The van der Waals surface area contributed by atoms with Gasteiger partial charge >= 0.3 is 0 Å². The van der Waals surface area contributed by atoms with Crippen LogP contribution in [0.4, 0.5) is 10.1 Å². The second kappa shape index (κ2) is 13.0. The van der Waals surface area contributed by atoms with Gasteiger partial charge in [-0.1, -0.05) is 74.0 Å². The molecule has 0 aliphatic rings. The van der Waals surface area contributed by atoms with Gasteiger partial charge in [-0.25, -0.2) is 12.8 Å². The molecule has 0 fully saturated rings. The quantitative estimate of drug-likeness (QED) is 0.356. The smallest absolute Gasteiger partial charge is 0.264 e. The van der Waals surface area contributed by atoms with Crippen LogP contribution in [0.25, 0.3) is 0 Å². The van der Waals surface area contributed by atoms with Crippen LogP contribution in [0.1, 0.15) is 32.3 Å². The van der Waals surface area contributed by atoms with Crippen LogP contribution in [-0.4, -0.2) is 44.3 Å². The molecule has 2 amide bonds. The maximum atomic E-state index is 14.8. The van der Waals surface area contributed by atoms with E-state index in [0.29, 0.717) is 6.54 Å². The van der Waals surface area contributed by atoms with Gasteiger partial charge in [-0.2, -0.15) is 0 Å². The number of halogens is 1. The summed E-state index contributed by atoms with van der Waals surface area (Å²) in [6, 6.07) is 21.2. The minimum Gasteiger partial charge on any atom is -0.354 e. The molecule has 0 radical (unpaired) electrons. The third kappa shape index (κ3) is 7.16. The lowest BCUT2D eigenvalue weighted by Gasteiger charge is -2.32. The molecular formula is C28H32FN3O4S. The Balaban J connectivity index is 1.98. The molecule has 0 aliphatic carbocycles. The summed E-state index contributed by atoms with van der Waals surface area (Å²) < 4.78 is 42.8. The number of rotatable bonds is 12. The molecule has 196 valence electrons. The van der Waals surface area contributed by atoms with Crippen molar-refractivity contribution >= 4 is 27.5 Å². The second-order valence-corrected chi connectivity index (χ2v) is 10.5. The van der Waals surface area contributed by atoms with E-state index in [1.165, 1.54) is 35.2 Å². The van der Waals surface area contributed by atoms with E-state index in [9.17, 15) is 22.4 Å². The summed E-state index contributed by atoms with van der Waals surface area (Å²) in [5, 5.41) is 2.83. The third-order valence-corrected chi connectivity index (χ3v) is 7.70. The van der Waals surface area contributed by atoms with Gasteiger partial charge in [0.25, 0.3) is 10.0 Å². The Hall–Kier alpha value is -3.72. The molecule has 3 aromatic carbocycles. The Bertz CT molecular complexity index is 1290. The topological polar surface area (TPSA) is 86.8 Å². The molecule has 0 saturated carbocycles. The molecule has 0 heterocycles. The van der Waals surface area contributed by atoms with Gasteiger partial charge in [-0.15, -0.1) is 0 Å². The zero-order valence-electron chi connectivity index (χ0n) is 21.0. The standard InChI is InChI=1S/C28H32FN3O4S/c1-3-4-19-30-28(34)22(2)31(20-23-13-7-5-8-14-23)27(33)21-32(26-18-12-11-17-25(26)29)37(35,36)24-15-9-6-10-16-24/h5-18,22H,3-4,19-21H2,1-2H3,(H,30,34)/t22-/m0/s1. The van der Waals surface area contributed by atoms with Gasteiger partial charge in [0.1, 0.15) is 18.4 Å². The number of amides is 2. The van der Waals surface area contributed by atoms with Crippen molar-refractivity contribution in [1.29, 1.82) is 0 Å². The van der Waals surface area contributed by atoms with Crippen LogP contribution >= 0.6 is 0 Å². The Labute approximate surface area is 218 Å². The van der Waals surface area contributed by atoms with E-state index < -0.39 is 34.3 Å². The highest BCUT2D eigenvalue weighted by atomic mass is 32.2. The summed E-state index contributed by atoms with van der Waals surface area (Å²) in [6.07, 6.45) is 1.69.